The predicted octanol–water partition coefficient (Wildman–Crippen LogP) is 2.65. The molecule has 6 rings (SSSR count). The topological polar surface area (TPSA) is 231 Å². The molecule has 5 aliphatic rings. The quantitative estimate of drug-likeness (QED) is 0.195. The molecule has 0 spiro atoms. The molecule has 1 amide bonds. The van der Waals surface area contributed by atoms with E-state index in [1.807, 2.05) is 13.8 Å². The highest BCUT2D eigenvalue weighted by Crippen LogP contribution is 2.64. The number of aliphatic hydroxyl groups is 3. The monoisotopic (exact) mass is 813 g/mol. The zero-order chi connectivity index (χ0) is 42.7. The number of ketones is 1. The first-order valence-electron chi connectivity index (χ1n) is 19.8. The lowest BCUT2D eigenvalue weighted by Gasteiger charge is -2.67. The van der Waals surface area contributed by atoms with Gasteiger partial charge in [-0.05, 0) is 67.9 Å². The molecule has 2 aliphatic heterocycles. The summed E-state index contributed by atoms with van der Waals surface area (Å²) in [7, 11) is 0. The molecule has 0 aromatic heterocycles. The highest BCUT2D eigenvalue weighted by atomic mass is 16.6. The zero-order valence-corrected chi connectivity index (χ0v) is 34.2. The van der Waals surface area contributed by atoms with Gasteiger partial charge < -0.3 is 49.1 Å². The Kier molecular flexibility index (Phi) is 11.7. The summed E-state index contributed by atoms with van der Waals surface area (Å²) in [5, 5.41) is 39.7. The smallest absolute Gasteiger partial charge is 0.407 e. The largest absolute Gasteiger partial charge is 0.456 e. The van der Waals surface area contributed by atoms with Crippen molar-refractivity contribution in [1.29, 1.82) is 0 Å². The highest BCUT2D eigenvalue weighted by Gasteiger charge is 2.78. The molecule has 1 aromatic carbocycles. The molecule has 3 fully saturated rings. The number of fused-ring (bicyclic) bond motifs is 8. The van der Waals surface area contributed by atoms with Gasteiger partial charge in [-0.25, -0.2) is 14.4 Å². The summed E-state index contributed by atoms with van der Waals surface area (Å²) in [6.45, 7) is 11.7. The van der Waals surface area contributed by atoms with Crippen LogP contribution in [0.25, 0.3) is 0 Å². The Balaban J connectivity index is 1.63. The van der Waals surface area contributed by atoms with Crippen molar-refractivity contribution < 1.29 is 72.5 Å². The van der Waals surface area contributed by atoms with Gasteiger partial charge in [-0.1, -0.05) is 39.8 Å². The van der Waals surface area contributed by atoms with Crippen LogP contribution < -0.4 is 5.32 Å². The molecular weight excluding hydrogens is 758 g/mol. The Hall–Kier alpha value is -4.38. The maximum Gasteiger partial charge on any atom is 0.407 e. The molecule has 3 aliphatic carbocycles. The molecule has 318 valence electrons. The summed E-state index contributed by atoms with van der Waals surface area (Å²) in [5.74, 6) is -6.25. The summed E-state index contributed by atoms with van der Waals surface area (Å²) in [6, 6.07) is 5.33. The molecule has 4 N–H and O–H groups in total. The van der Waals surface area contributed by atoms with Gasteiger partial charge in [-0.3, -0.25) is 14.4 Å². The van der Waals surface area contributed by atoms with E-state index in [1.165, 1.54) is 19.9 Å². The summed E-state index contributed by atoms with van der Waals surface area (Å²) in [4.78, 5) is 82.7. The third-order valence-corrected chi connectivity index (χ3v) is 13.1. The van der Waals surface area contributed by atoms with Crippen LogP contribution in [0.15, 0.2) is 35.4 Å². The van der Waals surface area contributed by atoms with E-state index in [-0.39, 0.29) is 48.7 Å². The second-order valence-corrected chi connectivity index (χ2v) is 17.6. The molecule has 0 radical (unpaired) electrons. The van der Waals surface area contributed by atoms with Crippen LogP contribution in [0.2, 0.25) is 0 Å². The highest BCUT2D eigenvalue weighted by molar-refractivity contribution is 5.95. The van der Waals surface area contributed by atoms with Gasteiger partial charge in [0.25, 0.3) is 0 Å². The number of hydrogen-bond acceptors (Lipinski definition) is 15. The van der Waals surface area contributed by atoms with E-state index >= 15 is 4.79 Å². The standard InChI is InChI=1S/C42H55NO15/c1-20(2)15-26-31(47)37(50)56-27-18-42(52)35(57-36(49)25-13-9-11-24(16-25)12-10-14-53-38(51)43-26)33-40(8,28(46)17-29-41(33,19-54-29)58-23(5)45)34(48)32(55-22(4)44)30(21(27)3)39(42,6)7/h9,11,13,16,20,26-29,31-33,35,46-47,52H,10,12,14-15,17-19H2,1-8H3,(H,43,51). The first kappa shape index (κ1) is 43.2. The van der Waals surface area contributed by atoms with Crippen LogP contribution >= 0.6 is 0 Å². The van der Waals surface area contributed by atoms with Crippen molar-refractivity contribution in [3.05, 3.63) is 46.5 Å². The number of carbonyl (C=O) groups excluding carboxylic acids is 6. The minimum absolute atomic E-state index is 0.0171. The number of esters is 4. The van der Waals surface area contributed by atoms with E-state index in [2.05, 4.69) is 5.32 Å². The molecule has 16 nitrogen and oxygen atoms in total. The van der Waals surface area contributed by atoms with Crippen molar-refractivity contribution in [1.82, 2.24) is 5.32 Å². The maximum absolute atomic E-state index is 15.4. The van der Waals surface area contributed by atoms with Crippen LogP contribution in [-0.2, 0) is 54.0 Å². The summed E-state index contributed by atoms with van der Waals surface area (Å²) < 4.78 is 35.6. The molecule has 1 aromatic rings. The van der Waals surface area contributed by atoms with E-state index in [0.29, 0.717) is 18.4 Å². The fourth-order valence-electron chi connectivity index (χ4n) is 10.1. The van der Waals surface area contributed by atoms with Crippen molar-refractivity contribution in [2.24, 2.45) is 22.7 Å². The van der Waals surface area contributed by atoms with Gasteiger partial charge in [0, 0.05) is 32.1 Å². The molecular formula is C42H55NO15. The number of rotatable bonds is 4. The number of Topliss-reactive ketones (excluding diaryl/α,β-unsaturated/α-hetero) is 1. The van der Waals surface area contributed by atoms with Gasteiger partial charge in [0.05, 0.1) is 42.3 Å². The maximum atomic E-state index is 15.4. The molecule has 11 unspecified atom stereocenters. The molecule has 58 heavy (non-hydrogen) atoms. The second-order valence-electron chi connectivity index (χ2n) is 17.6. The Morgan fingerprint density at radius 1 is 1.03 bits per heavy atom. The van der Waals surface area contributed by atoms with Gasteiger partial charge in [0.1, 0.15) is 23.9 Å². The summed E-state index contributed by atoms with van der Waals surface area (Å²) in [6.07, 6.45) is -10.3. The molecule has 1 saturated heterocycles. The lowest BCUT2D eigenvalue weighted by atomic mass is 9.44. The molecule has 16 heteroatoms. The van der Waals surface area contributed by atoms with E-state index < -0.39 is 113 Å². The number of aliphatic hydroxyl groups excluding tert-OH is 2. The van der Waals surface area contributed by atoms with E-state index in [0.717, 1.165) is 13.8 Å². The SMILES string of the molecule is CC(=O)OC1C(=O)C2(C)C(O)CC3OCC3(OC(C)=O)C2C2OC(=O)c3cccc(c3)CCCOC(=O)NC(CC(C)C)C(O)C(=O)OC3CC2(O)C(C)(C)C1=C3C. The third-order valence-electron chi connectivity index (χ3n) is 13.1. The van der Waals surface area contributed by atoms with Crippen molar-refractivity contribution in [3.8, 4) is 0 Å². The number of nitrogens with one attached hydrogen (secondary N) is 1. The summed E-state index contributed by atoms with van der Waals surface area (Å²) >= 11 is 0. The Morgan fingerprint density at radius 2 is 1.74 bits per heavy atom. The lowest BCUT2D eigenvalue weighted by Crippen LogP contribution is -2.82. The fraction of sp³-hybridized carbons (Fsp3) is 0.667. The average Bonchev–Trinajstić information content (AvgIpc) is 3.13. The van der Waals surface area contributed by atoms with Crippen LogP contribution in [0.4, 0.5) is 4.79 Å². The molecule has 2 saturated carbocycles. The predicted molar refractivity (Wildman–Crippen MR) is 201 cm³/mol. The van der Waals surface area contributed by atoms with Gasteiger partial charge in [-0.15, -0.1) is 0 Å². The number of benzene rings is 1. The van der Waals surface area contributed by atoms with E-state index in [4.69, 9.17) is 28.4 Å². The normalized spacial score (nSPS) is 37.7. The number of ether oxygens (including phenoxy) is 6. The first-order valence-corrected chi connectivity index (χ1v) is 19.8. The van der Waals surface area contributed by atoms with Crippen molar-refractivity contribution in [3.63, 3.8) is 0 Å². The van der Waals surface area contributed by atoms with Gasteiger partial charge >= 0.3 is 30.0 Å². The van der Waals surface area contributed by atoms with Crippen molar-refractivity contribution in [2.75, 3.05) is 13.2 Å². The number of amides is 1. The van der Waals surface area contributed by atoms with Crippen molar-refractivity contribution in [2.45, 2.75) is 141 Å². The molecule has 2 heterocycles. The minimum atomic E-state index is -2.36. The van der Waals surface area contributed by atoms with Gasteiger partial charge in [0.2, 0.25) is 0 Å². The number of hydrogen-bond donors (Lipinski definition) is 4. The number of alkyl carbamates (subject to hydrolysis) is 1. The third kappa shape index (κ3) is 7.19. The Bertz CT molecular complexity index is 1890. The number of cyclic esters (lactones) is 1. The van der Waals surface area contributed by atoms with E-state index in [9.17, 15) is 39.3 Å². The first-order chi connectivity index (χ1) is 27.1. The molecule has 5 bridgehead atoms. The lowest BCUT2D eigenvalue weighted by molar-refractivity contribution is -0.346. The van der Waals surface area contributed by atoms with Crippen LogP contribution in [0, 0.1) is 22.7 Å². The van der Waals surface area contributed by atoms with Crippen LogP contribution in [0.3, 0.4) is 0 Å². The molecule has 11 atom stereocenters. The van der Waals surface area contributed by atoms with E-state index in [1.54, 1.807) is 32.0 Å². The number of aryl methyl sites for hydroxylation is 1. The number of carbonyl (C=O) groups is 6. The van der Waals surface area contributed by atoms with Crippen LogP contribution in [-0.4, -0.2) is 118 Å². The van der Waals surface area contributed by atoms with Crippen LogP contribution in [0.1, 0.15) is 97.0 Å². The summed E-state index contributed by atoms with van der Waals surface area (Å²) in [5.41, 5.74) is -6.83. The van der Waals surface area contributed by atoms with Gasteiger partial charge in [0.15, 0.2) is 23.6 Å². The minimum Gasteiger partial charge on any atom is -0.456 e. The second kappa shape index (κ2) is 15.7. The van der Waals surface area contributed by atoms with Crippen LogP contribution in [0.5, 0.6) is 0 Å². The van der Waals surface area contributed by atoms with Crippen molar-refractivity contribution >= 4 is 35.8 Å². The van der Waals surface area contributed by atoms with Gasteiger partial charge in [-0.2, -0.15) is 0 Å². The Morgan fingerprint density at radius 3 is 2.36 bits per heavy atom. The zero-order valence-electron chi connectivity index (χ0n) is 34.2. The Labute approximate surface area is 336 Å². The average molecular weight is 814 g/mol. The fourth-order valence-corrected chi connectivity index (χ4v) is 10.1.